The largest absolute Gasteiger partial charge is 0.358 e. The normalized spacial score (nSPS) is 10.6. The first kappa shape index (κ1) is 14.5. The van der Waals surface area contributed by atoms with Gasteiger partial charge in [0.15, 0.2) is 5.11 Å². The van der Waals surface area contributed by atoms with Gasteiger partial charge in [0.05, 0.1) is 12.5 Å². The number of thiocarbonyl (C=S) groups is 1. The van der Waals surface area contributed by atoms with Crippen LogP contribution >= 0.6 is 12.2 Å². The van der Waals surface area contributed by atoms with Crippen LogP contribution in [0.15, 0.2) is 24.3 Å². The van der Waals surface area contributed by atoms with E-state index >= 15 is 0 Å². The summed E-state index contributed by atoms with van der Waals surface area (Å²) in [7, 11) is 0. The lowest BCUT2D eigenvalue weighted by Crippen LogP contribution is -2.44. The molecule has 0 bridgehead atoms. The lowest BCUT2D eigenvalue weighted by atomic mass is 10.0. The maximum atomic E-state index is 8.59. The Morgan fingerprint density at radius 2 is 1.94 bits per heavy atom. The van der Waals surface area contributed by atoms with Crippen molar-refractivity contribution in [2.24, 2.45) is 0 Å². The van der Waals surface area contributed by atoms with E-state index in [2.05, 4.69) is 37.5 Å². The SMILES string of the molecule is CCC(C)(C)NC(=S)Nc1ccc(CC#N)cc1. The first-order chi connectivity index (χ1) is 8.46. The second kappa shape index (κ2) is 6.36. The number of nitrogens with one attached hydrogen (secondary N) is 2. The van der Waals surface area contributed by atoms with Crippen LogP contribution in [0.25, 0.3) is 0 Å². The van der Waals surface area contributed by atoms with Crippen molar-refractivity contribution < 1.29 is 0 Å². The molecule has 4 heteroatoms. The van der Waals surface area contributed by atoms with Gasteiger partial charge in [0.1, 0.15) is 0 Å². The number of benzene rings is 1. The maximum Gasteiger partial charge on any atom is 0.171 e. The molecule has 0 atom stereocenters. The fraction of sp³-hybridized carbons (Fsp3) is 0.429. The van der Waals surface area contributed by atoms with E-state index in [1.165, 1.54) is 0 Å². The molecule has 2 N–H and O–H groups in total. The van der Waals surface area contributed by atoms with Gasteiger partial charge in [0, 0.05) is 11.2 Å². The minimum atomic E-state index is -0.00909. The van der Waals surface area contributed by atoms with Gasteiger partial charge in [-0.05, 0) is 50.2 Å². The minimum Gasteiger partial charge on any atom is -0.358 e. The van der Waals surface area contributed by atoms with E-state index in [0.717, 1.165) is 17.7 Å². The van der Waals surface area contributed by atoms with E-state index in [1.807, 2.05) is 24.3 Å². The third kappa shape index (κ3) is 4.72. The van der Waals surface area contributed by atoms with Gasteiger partial charge in [-0.15, -0.1) is 0 Å². The highest BCUT2D eigenvalue weighted by Gasteiger charge is 2.15. The molecular weight excluding hydrogens is 242 g/mol. The quantitative estimate of drug-likeness (QED) is 0.817. The van der Waals surface area contributed by atoms with E-state index < -0.39 is 0 Å². The van der Waals surface area contributed by atoms with Crippen molar-refractivity contribution in [1.29, 1.82) is 5.26 Å². The predicted molar refractivity (Wildman–Crippen MR) is 79.5 cm³/mol. The second-order valence-corrected chi connectivity index (χ2v) is 5.26. The molecule has 0 aliphatic carbocycles. The van der Waals surface area contributed by atoms with Crippen molar-refractivity contribution in [1.82, 2.24) is 5.32 Å². The molecule has 0 amide bonds. The second-order valence-electron chi connectivity index (χ2n) is 4.85. The van der Waals surface area contributed by atoms with Crippen LogP contribution in [0.2, 0.25) is 0 Å². The summed E-state index contributed by atoms with van der Waals surface area (Å²) in [6.45, 7) is 6.33. The molecular formula is C14H19N3S. The van der Waals surface area contributed by atoms with Gasteiger partial charge >= 0.3 is 0 Å². The maximum absolute atomic E-state index is 8.59. The van der Waals surface area contributed by atoms with E-state index in [0.29, 0.717) is 11.5 Å². The van der Waals surface area contributed by atoms with Crippen LogP contribution in [0.3, 0.4) is 0 Å². The predicted octanol–water partition coefficient (Wildman–Crippen LogP) is 3.23. The fourth-order valence-corrected chi connectivity index (χ4v) is 1.75. The Balaban J connectivity index is 2.57. The van der Waals surface area contributed by atoms with Gasteiger partial charge in [-0.2, -0.15) is 5.26 Å². The molecule has 0 heterocycles. The zero-order valence-electron chi connectivity index (χ0n) is 11.1. The molecule has 0 aliphatic heterocycles. The van der Waals surface area contributed by atoms with Gasteiger partial charge in [-0.1, -0.05) is 19.1 Å². The molecule has 0 spiro atoms. The van der Waals surface area contributed by atoms with Crippen LogP contribution in [0, 0.1) is 11.3 Å². The number of hydrogen-bond donors (Lipinski definition) is 2. The van der Waals surface area contributed by atoms with E-state index in [9.17, 15) is 0 Å². The molecule has 1 aromatic carbocycles. The summed E-state index contributed by atoms with van der Waals surface area (Å²) in [6, 6.07) is 9.84. The summed E-state index contributed by atoms with van der Waals surface area (Å²) < 4.78 is 0. The van der Waals surface area contributed by atoms with Crippen molar-refractivity contribution in [3.8, 4) is 6.07 Å². The average molecular weight is 261 g/mol. The van der Waals surface area contributed by atoms with E-state index in [4.69, 9.17) is 17.5 Å². The van der Waals surface area contributed by atoms with Crippen molar-refractivity contribution in [2.45, 2.75) is 39.2 Å². The molecule has 18 heavy (non-hydrogen) atoms. The zero-order valence-corrected chi connectivity index (χ0v) is 11.9. The Kier molecular flexibility index (Phi) is 5.11. The third-order valence-corrected chi connectivity index (χ3v) is 3.03. The standard InChI is InChI=1S/C14H19N3S/c1-4-14(2,3)17-13(18)16-12-7-5-11(6-8-12)9-10-15/h5-8H,4,9H2,1-3H3,(H2,16,17,18). The summed E-state index contributed by atoms with van der Waals surface area (Å²) in [5, 5.41) is 15.6. The highest BCUT2D eigenvalue weighted by Crippen LogP contribution is 2.11. The summed E-state index contributed by atoms with van der Waals surface area (Å²) in [5.41, 5.74) is 1.93. The molecule has 0 saturated heterocycles. The van der Waals surface area contributed by atoms with Gasteiger partial charge in [0.25, 0.3) is 0 Å². The Hall–Kier alpha value is -1.60. The molecule has 1 aromatic rings. The Bertz CT molecular complexity index is 443. The number of hydrogen-bond acceptors (Lipinski definition) is 2. The van der Waals surface area contributed by atoms with Gasteiger partial charge < -0.3 is 10.6 Å². The number of anilines is 1. The van der Waals surface area contributed by atoms with Crippen molar-refractivity contribution in [2.75, 3.05) is 5.32 Å². The molecule has 1 rings (SSSR count). The summed E-state index contributed by atoms with van der Waals surface area (Å²) in [5.74, 6) is 0. The highest BCUT2D eigenvalue weighted by molar-refractivity contribution is 7.80. The van der Waals surface area contributed by atoms with E-state index in [1.54, 1.807) is 0 Å². The Morgan fingerprint density at radius 1 is 1.33 bits per heavy atom. The summed E-state index contributed by atoms with van der Waals surface area (Å²) in [4.78, 5) is 0. The lowest BCUT2D eigenvalue weighted by molar-refractivity contribution is 0.448. The smallest absolute Gasteiger partial charge is 0.171 e. The lowest BCUT2D eigenvalue weighted by Gasteiger charge is -2.26. The van der Waals surface area contributed by atoms with E-state index in [-0.39, 0.29) is 5.54 Å². The van der Waals surface area contributed by atoms with Crippen molar-refractivity contribution in [3.63, 3.8) is 0 Å². The summed E-state index contributed by atoms with van der Waals surface area (Å²) >= 11 is 5.26. The molecule has 0 radical (unpaired) electrons. The molecule has 0 fully saturated rings. The number of nitrogens with zero attached hydrogens (tertiary/aromatic N) is 1. The average Bonchev–Trinajstić information content (AvgIpc) is 2.31. The topological polar surface area (TPSA) is 47.8 Å². The number of rotatable bonds is 4. The van der Waals surface area contributed by atoms with Crippen molar-refractivity contribution >= 4 is 23.0 Å². The van der Waals surface area contributed by atoms with Crippen LogP contribution in [0.1, 0.15) is 32.8 Å². The van der Waals surface area contributed by atoms with Gasteiger partial charge in [-0.3, -0.25) is 0 Å². The molecule has 3 nitrogen and oxygen atoms in total. The highest BCUT2D eigenvalue weighted by atomic mass is 32.1. The van der Waals surface area contributed by atoms with Gasteiger partial charge in [-0.25, -0.2) is 0 Å². The molecule has 96 valence electrons. The van der Waals surface area contributed by atoms with Crippen LogP contribution in [0.4, 0.5) is 5.69 Å². The number of nitriles is 1. The first-order valence-corrected chi connectivity index (χ1v) is 6.43. The van der Waals surface area contributed by atoms with Gasteiger partial charge in [0.2, 0.25) is 0 Å². The first-order valence-electron chi connectivity index (χ1n) is 6.02. The fourth-order valence-electron chi connectivity index (χ4n) is 1.36. The van der Waals surface area contributed by atoms with Crippen LogP contribution in [-0.4, -0.2) is 10.7 Å². The monoisotopic (exact) mass is 261 g/mol. The van der Waals surface area contributed by atoms with Crippen LogP contribution in [-0.2, 0) is 6.42 Å². The van der Waals surface area contributed by atoms with Crippen LogP contribution < -0.4 is 10.6 Å². The Morgan fingerprint density at radius 3 is 2.44 bits per heavy atom. The zero-order chi connectivity index (χ0) is 13.6. The summed E-state index contributed by atoms with van der Waals surface area (Å²) in [6.07, 6.45) is 1.43. The Labute approximate surface area is 114 Å². The molecule has 0 saturated carbocycles. The van der Waals surface area contributed by atoms with Crippen LogP contribution in [0.5, 0.6) is 0 Å². The third-order valence-electron chi connectivity index (χ3n) is 2.83. The molecule has 0 aliphatic rings. The minimum absolute atomic E-state index is 0.00909. The van der Waals surface area contributed by atoms with Crippen molar-refractivity contribution in [3.05, 3.63) is 29.8 Å². The molecule has 0 unspecified atom stereocenters. The molecule has 0 aromatic heterocycles.